The second-order valence-corrected chi connectivity index (χ2v) is 8.31. The topological polar surface area (TPSA) is 80.4 Å². The molecule has 1 aromatic heterocycles. The summed E-state index contributed by atoms with van der Waals surface area (Å²) in [7, 11) is 0. The molecule has 1 aromatic carbocycles. The van der Waals surface area contributed by atoms with E-state index in [4.69, 9.17) is 22.3 Å². The maximum Gasteiger partial charge on any atom is 0.274 e. The number of nitrogens with one attached hydrogen (secondary N) is 1. The van der Waals surface area contributed by atoms with E-state index in [-0.39, 0.29) is 11.4 Å². The van der Waals surface area contributed by atoms with Gasteiger partial charge in [-0.1, -0.05) is 29.4 Å². The van der Waals surface area contributed by atoms with Gasteiger partial charge < -0.3 is 11.1 Å². The number of hydrogen-bond donors (Lipinski definition) is 2. The average molecular weight is 387 g/mol. The Hall–Kier alpha value is -2.05. The van der Waals surface area contributed by atoms with E-state index in [1.54, 1.807) is 23.9 Å². The molecule has 0 bridgehead atoms. The number of amidine groups is 1. The molecule has 4 rings (SSSR count). The lowest BCUT2D eigenvalue weighted by Gasteiger charge is -2.42. The summed E-state index contributed by atoms with van der Waals surface area (Å²) in [5, 5.41) is 4.06. The van der Waals surface area contributed by atoms with Gasteiger partial charge in [-0.15, -0.1) is 0 Å². The molecule has 2 aliphatic rings. The smallest absolute Gasteiger partial charge is 0.274 e. The number of hydrogen-bond acceptors (Lipinski definition) is 5. The molecule has 5 nitrogen and oxygen atoms in total. The molecule has 2 aromatic rings. The summed E-state index contributed by atoms with van der Waals surface area (Å²) in [5.74, 6) is 1.17. The van der Waals surface area contributed by atoms with Crippen molar-refractivity contribution in [2.24, 2.45) is 16.6 Å². The number of nitrogens with zero attached hydrogens (tertiary/aromatic N) is 2. The fourth-order valence-corrected chi connectivity index (χ4v) is 4.95. The van der Waals surface area contributed by atoms with Gasteiger partial charge in [-0.05, 0) is 61.1 Å². The number of carbonyl (C=O) groups is 1. The van der Waals surface area contributed by atoms with Crippen LogP contribution in [-0.4, -0.2) is 21.8 Å². The molecule has 7 heteroatoms. The Kier molecular flexibility index (Phi) is 4.40. The molecule has 3 N–H and O–H groups in total. The maximum absolute atomic E-state index is 12.4. The zero-order valence-electron chi connectivity index (χ0n) is 14.3. The number of benzene rings is 1. The van der Waals surface area contributed by atoms with Crippen LogP contribution in [-0.2, 0) is 12.0 Å². The highest BCUT2D eigenvalue weighted by Crippen LogP contribution is 2.47. The number of nitrogens with two attached hydrogens (primary N) is 1. The molecule has 2 heterocycles. The van der Waals surface area contributed by atoms with Crippen LogP contribution < -0.4 is 11.1 Å². The third-order valence-electron chi connectivity index (χ3n) is 5.20. The Morgan fingerprint density at radius 1 is 1.38 bits per heavy atom. The molecule has 0 unspecified atom stereocenters. The minimum absolute atomic E-state index is 0.263. The average Bonchev–Trinajstić information content (AvgIpc) is 2.62. The Balaban J connectivity index is 1.65. The van der Waals surface area contributed by atoms with E-state index < -0.39 is 0 Å². The second-order valence-electron chi connectivity index (χ2n) is 6.83. The van der Waals surface area contributed by atoms with Crippen molar-refractivity contribution in [2.75, 3.05) is 11.1 Å². The van der Waals surface area contributed by atoms with Crippen LogP contribution >= 0.6 is 23.4 Å². The Morgan fingerprint density at radius 3 is 3.00 bits per heavy atom. The van der Waals surface area contributed by atoms with E-state index in [1.807, 2.05) is 12.1 Å². The number of fused-ring (bicyclic) bond motifs is 3. The lowest BCUT2D eigenvalue weighted by Crippen LogP contribution is -2.41. The molecular formula is C19H19ClN4OS. The molecule has 0 radical (unpaired) electrons. The van der Waals surface area contributed by atoms with Gasteiger partial charge in [-0.3, -0.25) is 9.79 Å². The van der Waals surface area contributed by atoms with Crippen molar-refractivity contribution >= 4 is 40.1 Å². The van der Waals surface area contributed by atoms with Crippen molar-refractivity contribution in [1.29, 1.82) is 0 Å². The first-order valence-corrected chi connectivity index (χ1v) is 9.86. The SMILES string of the molecule is C[C@]12N=C(N)SC[C@H]1CCc1ccc(NC(=O)c3ccc(Cl)cn3)cc12. The molecule has 1 amide bonds. The van der Waals surface area contributed by atoms with Crippen LogP contribution in [0.2, 0.25) is 5.02 Å². The first-order valence-electron chi connectivity index (χ1n) is 8.50. The maximum atomic E-state index is 12.4. The van der Waals surface area contributed by atoms with Crippen LogP contribution in [0, 0.1) is 5.92 Å². The predicted octanol–water partition coefficient (Wildman–Crippen LogP) is 3.83. The van der Waals surface area contributed by atoms with Crippen molar-refractivity contribution in [1.82, 2.24) is 4.98 Å². The number of aryl methyl sites for hydroxylation is 1. The lowest BCUT2D eigenvalue weighted by molar-refractivity contribution is 0.102. The molecule has 0 saturated heterocycles. The van der Waals surface area contributed by atoms with E-state index >= 15 is 0 Å². The zero-order chi connectivity index (χ0) is 18.3. The van der Waals surface area contributed by atoms with E-state index in [0.717, 1.165) is 29.8 Å². The Bertz CT molecular complexity index is 899. The number of halogens is 1. The number of anilines is 1. The van der Waals surface area contributed by atoms with Gasteiger partial charge in [0.2, 0.25) is 0 Å². The van der Waals surface area contributed by atoms with E-state index in [0.29, 0.717) is 21.8 Å². The lowest BCUT2D eigenvalue weighted by atomic mass is 9.71. The largest absolute Gasteiger partial charge is 0.379 e. The van der Waals surface area contributed by atoms with Crippen molar-refractivity contribution in [2.45, 2.75) is 25.3 Å². The number of carbonyl (C=O) groups excluding carboxylic acids is 1. The molecule has 1 aliphatic heterocycles. The predicted molar refractivity (Wildman–Crippen MR) is 107 cm³/mol. The first kappa shape index (κ1) is 17.4. The van der Waals surface area contributed by atoms with Gasteiger partial charge in [-0.2, -0.15) is 0 Å². The van der Waals surface area contributed by atoms with Gasteiger partial charge in [0.15, 0.2) is 5.17 Å². The third-order valence-corrected chi connectivity index (χ3v) is 6.38. The molecule has 0 spiro atoms. The number of pyridine rings is 1. The second kappa shape index (κ2) is 6.59. The normalized spacial score (nSPS) is 24.2. The number of aromatic nitrogens is 1. The molecule has 26 heavy (non-hydrogen) atoms. The highest BCUT2D eigenvalue weighted by atomic mass is 35.5. The first-order chi connectivity index (χ1) is 12.5. The summed E-state index contributed by atoms with van der Waals surface area (Å²) < 4.78 is 0. The fraction of sp³-hybridized carbons (Fsp3) is 0.316. The van der Waals surface area contributed by atoms with Gasteiger partial charge in [0.1, 0.15) is 5.69 Å². The Labute approximate surface area is 161 Å². The van der Waals surface area contributed by atoms with Crippen LogP contribution in [0.3, 0.4) is 0 Å². The molecule has 1 aliphatic carbocycles. The van der Waals surface area contributed by atoms with Crippen LogP contribution in [0.5, 0.6) is 0 Å². The van der Waals surface area contributed by atoms with Gasteiger partial charge >= 0.3 is 0 Å². The Morgan fingerprint density at radius 2 is 2.23 bits per heavy atom. The summed E-state index contributed by atoms with van der Waals surface area (Å²) in [6.07, 6.45) is 3.60. The monoisotopic (exact) mass is 386 g/mol. The standard InChI is InChI=1S/C19H19ClN4OS/c1-19-12(10-26-18(21)24-19)4-2-11-3-6-14(8-15(11)19)23-17(25)16-7-5-13(20)9-22-16/h3,5-9,12H,2,4,10H2,1H3,(H2,21,24)(H,23,25)/t12-,19+/m1/s1. The van der Waals surface area contributed by atoms with Gasteiger partial charge in [-0.25, -0.2) is 4.98 Å². The summed E-state index contributed by atoms with van der Waals surface area (Å²) in [6.45, 7) is 2.15. The highest BCUT2D eigenvalue weighted by Gasteiger charge is 2.42. The molecular weight excluding hydrogens is 368 g/mol. The highest BCUT2D eigenvalue weighted by molar-refractivity contribution is 8.13. The third kappa shape index (κ3) is 3.08. The summed E-state index contributed by atoms with van der Waals surface area (Å²) >= 11 is 7.46. The quantitative estimate of drug-likeness (QED) is 0.822. The van der Waals surface area contributed by atoms with Crippen molar-refractivity contribution in [3.05, 3.63) is 58.4 Å². The molecule has 0 saturated carbocycles. The van der Waals surface area contributed by atoms with E-state index in [9.17, 15) is 4.79 Å². The van der Waals surface area contributed by atoms with E-state index in [2.05, 4.69) is 23.3 Å². The number of amides is 1. The summed E-state index contributed by atoms with van der Waals surface area (Å²) in [4.78, 5) is 21.3. The summed E-state index contributed by atoms with van der Waals surface area (Å²) in [6, 6.07) is 9.30. The molecule has 2 atom stereocenters. The van der Waals surface area contributed by atoms with Crippen molar-refractivity contribution in [3.63, 3.8) is 0 Å². The van der Waals surface area contributed by atoms with Crippen LogP contribution in [0.25, 0.3) is 0 Å². The minimum atomic E-state index is -0.331. The van der Waals surface area contributed by atoms with Crippen LogP contribution in [0.4, 0.5) is 5.69 Å². The van der Waals surface area contributed by atoms with E-state index in [1.165, 1.54) is 11.8 Å². The minimum Gasteiger partial charge on any atom is -0.379 e. The van der Waals surface area contributed by atoms with Gasteiger partial charge in [0.25, 0.3) is 5.91 Å². The number of thioether (sulfide) groups is 1. The fourth-order valence-electron chi connectivity index (χ4n) is 3.72. The number of aliphatic imine (C=N–C) groups is 1. The van der Waals surface area contributed by atoms with Crippen LogP contribution in [0.1, 0.15) is 35.0 Å². The number of rotatable bonds is 2. The van der Waals surface area contributed by atoms with Crippen LogP contribution in [0.15, 0.2) is 41.5 Å². The van der Waals surface area contributed by atoms with Crippen molar-refractivity contribution in [3.8, 4) is 0 Å². The zero-order valence-corrected chi connectivity index (χ0v) is 15.9. The van der Waals surface area contributed by atoms with Crippen molar-refractivity contribution < 1.29 is 4.79 Å². The van der Waals surface area contributed by atoms with Gasteiger partial charge in [0.05, 0.1) is 10.6 Å². The molecule has 134 valence electrons. The van der Waals surface area contributed by atoms with Gasteiger partial charge in [0, 0.05) is 17.6 Å². The molecule has 0 fully saturated rings. The summed E-state index contributed by atoms with van der Waals surface area (Å²) in [5.41, 5.74) is 9.17.